The van der Waals surface area contributed by atoms with Crippen molar-refractivity contribution in [3.8, 4) is 11.3 Å². The number of alkyl halides is 3. The molecule has 0 saturated heterocycles. The standard InChI is InChI=1S/C10H7ClF3N3/c11-7-3-5(10(12,13)14)1-2-6(7)9-8(15)4-16-17-9/h1-4H,15H2,(H,16,17). The second-order valence-electron chi connectivity index (χ2n) is 3.38. The number of H-pyrrole nitrogens is 1. The van der Waals surface area contributed by atoms with Crippen molar-refractivity contribution in [2.75, 3.05) is 5.73 Å². The third-order valence-electron chi connectivity index (χ3n) is 2.22. The van der Waals surface area contributed by atoms with Crippen LogP contribution < -0.4 is 5.73 Å². The quantitative estimate of drug-likeness (QED) is 0.827. The normalized spacial score (nSPS) is 11.8. The number of nitrogens with zero attached hydrogens (tertiary/aromatic N) is 1. The number of hydrogen-bond donors (Lipinski definition) is 2. The largest absolute Gasteiger partial charge is 0.416 e. The van der Waals surface area contributed by atoms with Crippen molar-refractivity contribution in [2.24, 2.45) is 0 Å². The summed E-state index contributed by atoms with van der Waals surface area (Å²) in [5.74, 6) is 0. The van der Waals surface area contributed by atoms with Gasteiger partial charge < -0.3 is 5.73 Å². The summed E-state index contributed by atoms with van der Waals surface area (Å²) < 4.78 is 37.2. The van der Waals surface area contributed by atoms with Crippen LogP contribution in [0.4, 0.5) is 18.9 Å². The molecule has 1 aromatic heterocycles. The third-order valence-corrected chi connectivity index (χ3v) is 2.53. The summed E-state index contributed by atoms with van der Waals surface area (Å²) in [6.07, 6.45) is -2.98. The smallest absolute Gasteiger partial charge is 0.396 e. The maximum Gasteiger partial charge on any atom is 0.416 e. The first-order chi connectivity index (χ1) is 7.89. The zero-order valence-corrected chi connectivity index (χ0v) is 9.10. The first-order valence-electron chi connectivity index (χ1n) is 4.56. The van der Waals surface area contributed by atoms with E-state index in [4.69, 9.17) is 17.3 Å². The van der Waals surface area contributed by atoms with Gasteiger partial charge in [0.15, 0.2) is 0 Å². The van der Waals surface area contributed by atoms with E-state index in [-0.39, 0.29) is 5.02 Å². The summed E-state index contributed by atoms with van der Waals surface area (Å²) in [5.41, 5.74) is 5.81. The van der Waals surface area contributed by atoms with E-state index >= 15 is 0 Å². The number of aromatic amines is 1. The van der Waals surface area contributed by atoms with Crippen LogP contribution in [-0.2, 0) is 6.18 Å². The van der Waals surface area contributed by atoms with Crippen LogP contribution in [0.25, 0.3) is 11.3 Å². The molecule has 0 radical (unpaired) electrons. The van der Waals surface area contributed by atoms with Crippen LogP contribution in [0.5, 0.6) is 0 Å². The number of halogens is 4. The minimum atomic E-state index is -4.42. The molecule has 0 amide bonds. The van der Waals surface area contributed by atoms with Gasteiger partial charge in [-0.15, -0.1) is 0 Å². The Morgan fingerprint density at radius 3 is 2.47 bits per heavy atom. The molecule has 0 unspecified atom stereocenters. The lowest BCUT2D eigenvalue weighted by atomic mass is 10.1. The lowest BCUT2D eigenvalue weighted by Gasteiger charge is -2.09. The average Bonchev–Trinajstić information content (AvgIpc) is 2.63. The van der Waals surface area contributed by atoms with E-state index < -0.39 is 11.7 Å². The highest BCUT2D eigenvalue weighted by atomic mass is 35.5. The summed E-state index contributed by atoms with van der Waals surface area (Å²) in [6.45, 7) is 0. The Kier molecular flexibility index (Phi) is 2.74. The van der Waals surface area contributed by atoms with Gasteiger partial charge >= 0.3 is 6.18 Å². The number of benzene rings is 1. The molecule has 0 fully saturated rings. The lowest BCUT2D eigenvalue weighted by molar-refractivity contribution is -0.137. The fourth-order valence-corrected chi connectivity index (χ4v) is 1.67. The molecule has 7 heteroatoms. The number of nitrogens with two attached hydrogens (primary N) is 1. The van der Waals surface area contributed by atoms with Crippen molar-refractivity contribution in [1.82, 2.24) is 10.2 Å². The van der Waals surface area contributed by atoms with Crippen molar-refractivity contribution in [3.05, 3.63) is 35.0 Å². The Morgan fingerprint density at radius 1 is 1.29 bits per heavy atom. The van der Waals surface area contributed by atoms with E-state index in [0.717, 1.165) is 12.1 Å². The van der Waals surface area contributed by atoms with Gasteiger partial charge in [-0.25, -0.2) is 0 Å². The van der Waals surface area contributed by atoms with E-state index in [1.165, 1.54) is 12.3 Å². The Labute approximate surface area is 99.4 Å². The highest BCUT2D eigenvalue weighted by Gasteiger charge is 2.31. The maximum absolute atomic E-state index is 12.4. The summed E-state index contributed by atoms with van der Waals surface area (Å²) in [7, 11) is 0. The van der Waals surface area contributed by atoms with Gasteiger partial charge in [0.05, 0.1) is 16.3 Å². The first-order valence-corrected chi connectivity index (χ1v) is 4.94. The second kappa shape index (κ2) is 3.96. The lowest BCUT2D eigenvalue weighted by Crippen LogP contribution is -2.04. The molecule has 0 spiro atoms. The van der Waals surface area contributed by atoms with Crippen molar-refractivity contribution >= 4 is 17.3 Å². The third kappa shape index (κ3) is 2.21. The van der Waals surface area contributed by atoms with Crippen LogP contribution >= 0.6 is 11.6 Å². The van der Waals surface area contributed by atoms with Gasteiger partial charge in [-0.3, -0.25) is 5.10 Å². The topological polar surface area (TPSA) is 54.7 Å². The molecule has 0 atom stereocenters. The highest BCUT2D eigenvalue weighted by Crippen LogP contribution is 2.36. The van der Waals surface area contributed by atoms with Gasteiger partial charge in [-0.1, -0.05) is 17.7 Å². The fraction of sp³-hybridized carbons (Fsp3) is 0.100. The monoisotopic (exact) mass is 261 g/mol. The number of nitrogen functional groups attached to an aromatic ring is 1. The molecule has 0 saturated carbocycles. The molecule has 1 aromatic carbocycles. The van der Waals surface area contributed by atoms with Crippen molar-refractivity contribution in [2.45, 2.75) is 6.18 Å². The Balaban J connectivity index is 2.50. The molecule has 0 aliphatic carbocycles. The molecule has 0 bridgehead atoms. The molecule has 3 nitrogen and oxygen atoms in total. The minimum absolute atomic E-state index is 0.0429. The zero-order chi connectivity index (χ0) is 12.6. The van der Waals surface area contributed by atoms with Crippen LogP contribution in [0.15, 0.2) is 24.4 Å². The van der Waals surface area contributed by atoms with E-state index in [1.54, 1.807) is 0 Å². The van der Waals surface area contributed by atoms with E-state index in [0.29, 0.717) is 16.9 Å². The maximum atomic E-state index is 12.4. The van der Waals surface area contributed by atoms with Gasteiger partial charge in [0.25, 0.3) is 0 Å². The van der Waals surface area contributed by atoms with Crippen molar-refractivity contribution in [3.63, 3.8) is 0 Å². The Morgan fingerprint density at radius 2 is 2.00 bits per heavy atom. The number of hydrogen-bond acceptors (Lipinski definition) is 2. The SMILES string of the molecule is Nc1c[nH]nc1-c1ccc(C(F)(F)F)cc1Cl. The molecule has 0 aliphatic rings. The van der Waals surface area contributed by atoms with Crippen LogP contribution in [0, 0.1) is 0 Å². The van der Waals surface area contributed by atoms with Crippen molar-refractivity contribution < 1.29 is 13.2 Å². The predicted molar refractivity (Wildman–Crippen MR) is 58.4 cm³/mol. The summed E-state index contributed by atoms with van der Waals surface area (Å²) in [4.78, 5) is 0. The van der Waals surface area contributed by atoms with E-state index in [9.17, 15) is 13.2 Å². The molecule has 2 aromatic rings. The molecule has 90 valence electrons. The molecule has 1 heterocycles. The molecule has 0 aliphatic heterocycles. The Bertz CT molecular complexity index is 548. The molecular formula is C10H7ClF3N3. The summed E-state index contributed by atoms with van der Waals surface area (Å²) in [5, 5.41) is 6.29. The number of anilines is 1. The number of nitrogens with one attached hydrogen (secondary N) is 1. The minimum Gasteiger partial charge on any atom is -0.396 e. The van der Waals surface area contributed by atoms with Gasteiger partial charge in [0.2, 0.25) is 0 Å². The highest BCUT2D eigenvalue weighted by molar-refractivity contribution is 6.33. The van der Waals surface area contributed by atoms with Crippen LogP contribution in [0.1, 0.15) is 5.56 Å². The Hall–Kier alpha value is -1.69. The zero-order valence-electron chi connectivity index (χ0n) is 8.35. The van der Waals surface area contributed by atoms with Gasteiger partial charge in [-0.05, 0) is 12.1 Å². The summed E-state index contributed by atoms with van der Waals surface area (Å²) >= 11 is 5.79. The van der Waals surface area contributed by atoms with E-state index in [1.807, 2.05) is 0 Å². The van der Waals surface area contributed by atoms with Gasteiger partial charge in [0.1, 0.15) is 5.69 Å². The molecule has 3 N–H and O–H groups in total. The van der Waals surface area contributed by atoms with E-state index in [2.05, 4.69) is 10.2 Å². The predicted octanol–water partition coefficient (Wildman–Crippen LogP) is 3.33. The van der Waals surface area contributed by atoms with Crippen LogP contribution in [-0.4, -0.2) is 10.2 Å². The van der Waals surface area contributed by atoms with Gasteiger partial charge in [-0.2, -0.15) is 18.3 Å². The second-order valence-corrected chi connectivity index (χ2v) is 3.79. The fourth-order valence-electron chi connectivity index (χ4n) is 1.40. The number of aromatic nitrogens is 2. The molecular weight excluding hydrogens is 255 g/mol. The van der Waals surface area contributed by atoms with Crippen LogP contribution in [0.2, 0.25) is 5.02 Å². The van der Waals surface area contributed by atoms with Crippen molar-refractivity contribution in [1.29, 1.82) is 0 Å². The first kappa shape index (κ1) is 11.8. The molecule has 17 heavy (non-hydrogen) atoms. The van der Waals surface area contributed by atoms with Crippen LogP contribution in [0.3, 0.4) is 0 Å². The molecule has 2 rings (SSSR count). The van der Waals surface area contributed by atoms with Gasteiger partial charge in [0, 0.05) is 11.8 Å². The summed E-state index contributed by atoms with van der Waals surface area (Å²) in [6, 6.07) is 3.04. The number of rotatable bonds is 1. The average molecular weight is 262 g/mol.